The molecular formula is C9H11N3O. The molecule has 0 saturated carbocycles. The van der Waals surface area contributed by atoms with Crippen molar-refractivity contribution in [3.05, 3.63) is 17.7 Å². The zero-order valence-corrected chi connectivity index (χ0v) is 7.64. The average molecular weight is 177 g/mol. The summed E-state index contributed by atoms with van der Waals surface area (Å²) in [6, 6.07) is 0. The second-order valence-electron chi connectivity index (χ2n) is 2.59. The van der Waals surface area contributed by atoms with Crippen molar-refractivity contribution < 1.29 is 4.79 Å². The van der Waals surface area contributed by atoms with Gasteiger partial charge in [0.2, 0.25) is 5.91 Å². The van der Waals surface area contributed by atoms with Gasteiger partial charge in [0.05, 0.1) is 12.7 Å². The number of aromatic amines is 1. The maximum atomic E-state index is 10.5. The van der Waals surface area contributed by atoms with E-state index in [1.54, 1.807) is 6.20 Å². The van der Waals surface area contributed by atoms with E-state index in [9.17, 15) is 4.79 Å². The van der Waals surface area contributed by atoms with Crippen LogP contribution in [0.25, 0.3) is 0 Å². The number of aryl methyl sites for hydroxylation is 1. The maximum Gasteiger partial charge on any atom is 0.217 e. The largest absolute Gasteiger partial charge is 0.345 e. The molecule has 0 aliphatic carbocycles. The highest BCUT2D eigenvalue weighted by atomic mass is 16.1. The molecule has 13 heavy (non-hydrogen) atoms. The van der Waals surface area contributed by atoms with Crippen LogP contribution in [-0.4, -0.2) is 22.4 Å². The first-order valence-electron chi connectivity index (χ1n) is 3.93. The van der Waals surface area contributed by atoms with Crippen LogP contribution in [0, 0.1) is 18.8 Å². The number of hydrogen-bond donors (Lipinski definition) is 2. The van der Waals surface area contributed by atoms with Crippen LogP contribution in [0.4, 0.5) is 0 Å². The Morgan fingerprint density at radius 1 is 1.77 bits per heavy atom. The van der Waals surface area contributed by atoms with Crippen LogP contribution in [0.2, 0.25) is 0 Å². The van der Waals surface area contributed by atoms with E-state index in [4.69, 9.17) is 0 Å². The predicted molar refractivity (Wildman–Crippen MR) is 48.9 cm³/mol. The molecule has 0 saturated heterocycles. The lowest BCUT2D eigenvalue weighted by molar-refractivity contribution is -0.118. The van der Waals surface area contributed by atoms with E-state index in [-0.39, 0.29) is 5.91 Å². The smallest absolute Gasteiger partial charge is 0.217 e. The molecule has 0 radical (unpaired) electrons. The number of hydrogen-bond acceptors (Lipinski definition) is 2. The first-order valence-corrected chi connectivity index (χ1v) is 3.93. The SMILES string of the molecule is CC(=O)NCC#Cc1cnc(C)[nH]1. The number of imidazole rings is 1. The van der Waals surface area contributed by atoms with Crippen molar-refractivity contribution in [3.8, 4) is 11.8 Å². The molecule has 0 bridgehead atoms. The number of rotatable bonds is 1. The topological polar surface area (TPSA) is 57.8 Å². The van der Waals surface area contributed by atoms with E-state index in [1.165, 1.54) is 6.92 Å². The minimum absolute atomic E-state index is 0.0740. The molecule has 68 valence electrons. The van der Waals surface area contributed by atoms with Gasteiger partial charge in [-0.05, 0) is 12.8 Å². The van der Waals surface area contributed by atoms with Gasteiger partial charge in [-0.2, -0.15) is 0 Å². The van der Waals surface area contributed by atoms with Crippen LogP contribution >= 0.6 is 0 Å². The molecule has 0 atom stereocenters. The standard InChI is InChI=1S/C9H11N3O/c1-7-11-6-9(12-7)4-3-5-10-8(2)13/h6H,5H2,1-2H3,(H,10,13)(H,11,12). The van der Waals surface area contributed by atoms with Gasteiger partial charge in [0.1, 0.15) is 11.5 Å². The number of aromatic nitrogens is 2. The van der Waals surface area contributed by atoms with Crippen molar-refractivity contribution in [2.75, 3.05) is 6.54 Å². The van der Waals surface area contributed by atoms with Crippen molar-refractivity contribution in [2.45, 2.75) is 13.8 Å². The van der Waals surface area contributed by atoms with Crippen LogP contribution in [0.5, 0.6) is 0 Å². The Morgan fingerprint density at radius 2 is 2.54 bits per heavy atom. The number of amides is 1. The summed E-state index contributed by atoms with van der Waals surface area (Å²) in [5.41, 5.74) is 0.767. The summed E-state index contributed by atoms with van der Waals surface area (Å²) in [6.45, 7) is 3.69. The first kappa shape index (κ1) is 9.33. The average Bonchev–Trinajstić information content (AvgIpc) is 2.45. The third-order valence-corrected chi connectivity index (χ3v) is 1.35. The first-order chi connectivity index (χ1) is 6.18. The molecule has 1 heterocycles. The summed E-state index contributed by atoms with van der Waals surface area (Å²) in [5, 5.41) is 2.58. The van der Waals surface area contributed by atoms with Gasteiger partial charge in [-0.3, -0.25) is 4.79 Å². The summed E-state index contributed by atoms with van der Waals surface area (Å²) < 4.78 is 0. The highest BCUT2D eigenvalue weighted by molar-refractivity contribution is 5.73. The molecule has 1 aromatic rings. The van der Waals surface area contributed by atoms with Gasteiger partial charge < -0.3 is 10.3 Å². The van der Waals surface area contributed by atoms with Crippen LogP contribution in [0.3, 0.4) is 0 Å². The van der Waals surface area contributed by atoms with Gasteiger partial charge in [-0.25, -0.2) is 4.98 Å². The summed E-state index contributed by atoms with van der Waals surface area (Å²) in [4.78, 5) is 17.4. The molecule has 1 rings (SSSR count). The lowest BCUT2D eigenvalue weighted by Crippen LogP contribution is -2.19. The Bertz CT molecular complexity index is 356. The van der Waals surface area contributed by atoms with Crippen molar-refractivity contribution in [3.63, 3.8) is 0 Å². The lowest BCUT2D eigenvalue weighted by Gasteiger charge is -1.90. The molecule has 1 aromatic heterocycles. The van der Waals surface area contributed by atoms with Gasteiger partial charge in [-0.1, -0.05) is 5.92 Å². The minimum Gasteiger partial charge on any atom is -0.345 e. The van der Waals surface area contributed by atoms with E-state index in [1.807, 2.05) is 6.92 Å². The van der Waals surface area contributed by atoms with E-state index in [0.29, 0.717) is 6.54 Å². The van der Waals surface area contributed by atoms with Gasteiger partial charge in [0.25, 0.3) is 0 Å². The maximum absolute atomic E-state index is 10.5. The third kappa shape index (κ3) is 3.43. The van der Waals surface area contributed by atoms with Crippen molar-refractivity contribution in [1.29, 1.82) is 0 Å². The minimum atomic E-state index is -0.0740. The van der Waals surface area contributed by atoms with E-state index >= 15 is 0 Å². The quantitative estimate of drug-likeness (QED) is 0.602. The molecule has 0 aromatic carbocycles. The zero-order chi connectivity index (χ0) is 9.68. The Morgan fingerprint density at radius 3 is 3.08 bits per heavy atom. The van der Waals surface area contributed by atoms with Gasteiger partial charge in [0.15, 0.2) is 0 Å². The number of nitrogens with zero attached hydrogens (tertiary/aromatic N) is 1. The molecule has 0 spiro atoms. The molecule has 4 heteroatoms. The Labute approximate surface area is 76.8 Å². The van der Waals surface area contributed by atoms with Crippen LogP contribution in [-0.2, 0) is 4.79 Å². The molecule has 0 fully saturated rings. The highest BCUT2D eigenvalue weighted by Crippen LogP contribution is 1.91. The monoisotopic (exact) mass is 177 g/mol. The number of carbonyl (C=O) groups is 1. The molecule has 0 unspecified atom stereocenters. The van der Waals surface area contributed by atoms with Gasteiger partial charge in [-0.15, -0.1) is 0 Å². The van der Waals surface area contributed by atoms with Crippen molar-refractivity contribution >= 4 is 5.91 Å². The molecule has 1 amide bonds. The molecular weight excluding hydrogens is 166 g/mol. The normalized spacial score (nSPS) is 8.77. The lowest BCUT2D eigenvalue weighted by atomic mass is 10.4. The molecule has 2 N–H and O–H groups in total. The Hall–Kier alpha value is -1.76. The van der Waals surface area contributed by atoms with Gasteiger partial charge >= 0.3 is 0 Å². The summed E-state index contributed by atoms with van der Waals surface area (Å²) in [6.07, 6.45) is 1.66. The van der Waals surface area contributed by atoms with Crippen molar-refractivity contribution in [2.24, 2.45) is 0 Å². The van der Waals surface area contributed by atoms with E-state index in [2.05, 4.69) is 27.1 Å². The predicted octanol–water partition coefficient (Wildman–Crippen LogP) is 0.206. The fourth-order valence-corrected chi connectivity index (χ4v) is 0.792. The Balaban J connectivity index is 2.44. The number of carbonyl (C=O) groups excluding carboxylic acids is 1. The van der Waals surface area contributed by atoms with Crippen LogP contribution in [0.1, 0.15) is 18.4 Å². The van der Waals surface area contributed by atoms with Crippen LogP contribution < -0.4 is 5.32 Å². The fraction of sp³-hybridized carbons (Fsp3) is 0.333. The van der Waals surface area contributed by atoms with Crippen LogP contribution in [0.15, 0.2) is 6.20 Å². The summed E-state index contributed by atoms with van der Waals surface area (Å²) in [5.74, 6) is 6.39. The molecule has 0 aliphatic rings. The second-order valence-corrected chi connectivity index (χ2v) is 2.59. The molecule has 0 aliphatic heterocycles. The second kappa shape index (κ2) is 4.31. The molecule has 4 nitrogen and oxygen atoms in total. The summed E-state index contributed by atoms with van der Waals surface area (Å²) >= 11 is 0. The van der Waals surface area contributed by atoms with Gasteiger partial charge in [0, 0.05) is 6.92 Å². The van der Waals surface area contributed by atoms with E-state index in [0.717, 1.165) is 11.5 Å². The number of H-pyrrole nitrogens is 1. The summed E-state index contributed by atoms with van der Waals surface area (Å²) in [7, 11) is 0. The van der Waals surface area contributed by atoms with Crippen molar-refractivity contribution in [1.82, 2.24) is 15.3 Å². The third-order valence-electron chi connectivity index (χ3n) is 1.35. The van der Waals surface area contributed by atoms with E-state index < -0.39 is 0 Å². The Kier molecular flexibility index (Phi) is 3.09. The number of nitrogens with one attached hydrogen (secondary N) is 2. The fourth-order valence-electron chi connectivity index (χ4n) is 0.792. The zero-order valence-electron chi connectivity index (χ0n) is 7.64. The highest BCUT2D eigenvalue weighted by Gasteiger charge is 1.89.